The Bertz CT molecular complexity index is 277. The van der Waals surface area contributed by atoms with Crippen molar-refractivity contribution in [3.05, 3.63) is 17.0 Å². The molecule has 0 saturated heterocycles. The van der Waals surface area contributed by atoms with Gasteiger partial charge in [0.15, 0.2) is 0 Å². The van der Waals surface area contributed by atoms with Gasteiger partial charge in [-0.25, -0.2) is 0 Å². The van der Waals surface area contributed by atoms with Gasteiger partial charge in [0, 0.05) is 23.8 Å². The number of aryl methyl sites for hydroxylation is 2. The smallest absolute Gasteiger partial charge is 0.0638 e. The summed E-state index contributed by atoms with van der Waals surface area (Å²) in [6.45, 7) is 7.28. The minimum Gasteiger partial charge on any atom is -0.310 e. The lowest BCUT2D eigenvalue weighted by Gasteiger charge is -2.13. The maximum absolute atomic E-state index is 4.19. The summed E-state index contributed by atoms with van der Waals surface area (Å²) < 4.78 is 0. The summed E-state index contributed by atoms with van der Waals surface area (Å²) in [7, 11) is 0. The van der Waals surface area contributed by atoms with Gasteiger partial charge in [0.05, 0.1) is 5.69 Å². The van der Waals surface area contributed by atoms with Gasteiger partial charge in [-0.15, -0.1) is 0 Å². The summed E-state index contributed by atoms with van der Waals surface area (Å²) in [5, 5.41) is 10.7. The summed E-state index contributed by atoms with van der Waals surface area (Å²) in [5.41, 5.74) is 3.60. The Labute approximate surface area is 96.4 Å². The van der Waals surface area contributed by atoms with E-state index in [1.807, 2.05) is 18.7 Å². The molecule has 1 aromatic rings. The van der Waals surface area contributed by atoms with Gasteiger partial charge in [-0.1, -0.05) is 0 Å². The van der Waals surface area contributed by atoms with Crippen LogP contribution in [0.15, 0.2) is 0 Å². The second kappa shape index (κ2) is 6.18. The van der Waals surface area contributed by atoms with Crippen LogP contribution in [0.25, 0.3) is 0 Å². The summed E-state index contributed by atoms with van der Waals surface area (Å²) >= 11 is 1.90. The van der Waals surface area contributed by atoms with E-state index in [-0.39, 0.29) is 0 Å². The molecule has 86 valence electrons. The van der Waals surface area contributed by atoms with Gasteiger partial charge in [0.2, 0.25) is 0 Å². The first-order chi connectivity index (χ1) is 7.15. The van der Waals surface area contributed by atoms with Crippen LogP contribution >= 0.6 is 11.8 Å². The molecule has 0 radical (unpaired) electrons. The maximum Gasteiger partial charge on any atom is 0.0638 e. The molecule has 0 aliphatic rings. The molecular weight excluding hydrogens is 206 g/mol. The molecule has 0 saturated carbocycles. The van der Waals surface area contributed by atoms with Crippen LogP contribution in [0.1, 0.15) is 30.3 Å². The van der Waals surface area contributed by atoms with Crippen molar-refractivity contribution >= 4 is 11.8 Å². The second-order valence-corrected chi connectivity index (χ2v) is 4.96. The van der Waals surface area contributed by atoms with Crippen LogP contribution < -0.4 is 5.32 Å². The molecule has 0 fully saturated rings. The largest absolute Gasteiger partial charge is 0.310 e. The molecule has 4 heteroatoms. The Hall–Kier alpha value is -0.480. The van der Waals surface area contributed by atoms with E-state index in [2.05, 4.69) is 35.6 Å². The van der Waals surface area contributed by atoms with E-state index in [9.17, 15) is 0 Å². The highest BCUT2D eigenvalue weighted by atomic mass is 32.2. The number of H-pyrrole nitrogens is 1. The van der Waals surface area contributed by atoms with Crippen molar-refractivity contribution in [1.29, 1.82) is 0 Å². The number of rotatable bonds is 6. The Kier molecular flexibility index (Phi) is 5.19. The Morgan fingerprint density at radius 3 is 2.73 bits per heavy atom. The molecule has 15 heavy (non-hydrogen) atoms. The standard InChI is InChI=1S/C11H21N3S/c1-8(5-6-15-4)12-7-11-9(2)13-14-10(11)3/h8,12H,5-7H2,1-4H3,(H,13,14). The molecule has 0 spiro atoms. The van der Waals surface area contributed by atoms with Crippen molar-refractivity contribution in [2.24, 2.45) is 0 Å². The van der Waals surface area contributed by atoms with Crippen LogP contribution in [0.4, 0.5) is 0 Å². The normalized spacial score (nSPS) is 13.1. The van der Waals surface area contributed by atoms with Crippen LogP contribution in [0.2, 0.25) is 0 Å². The minimum atomic E-state index is 0.575. The lowest BCUT2D eigenvalue weighted by molar-refractivity contribution is 0.536. The lowest BCUT2D eigenvalue weighted by atomic mass is 10.2. The van der Waals surface area contributed by atoms with Gasteiger partial charge < -0.3 is 5.32 Å². The molecule has 1 atom stereocenters. The van der Waals surface area contributed by atoms with Gasteiger partial charge in [-0.05, 0) is 39.2 Å². The summed E-state index contributed by atoms with van der Waals surface area (Å²) in [5.74, 6) is 1.22. The Balaban J connectivity index is 2.36. The van der Waals surface area contributed by atoms with Crippen molar-refractivity contribution in [2.45, 2.75) is 39.8 Å². The van der Waals surface area contributed by atoms with Gasteiger partial charge in [0.25, 0.3) is 0 Å². The quantitative estimate of drug-likeness (QED) is 0.783. The van der Waals surface area contributed by atoms with Crippen LogP contribution in [0.5, 0.6) is 0 Å². The number of thioether (sulfide) groups is 1. The molecular formula is C11H21N3S. The third-order valence-electron chi connectivity index (χ3n) is 2.66. The molecule has 0 bridgehead atoms. The van der Waals surface area contributed by atoms with E-state index in [1.165, 1.54) is 23.4 Å². The first-order valence-corrected chi connectivity index (χ1v) is 6.77. The SMILES string of the molecule is CSCCC(C)NCc1c(C)n[nH]c1C. The Morgan fingerprint density at radius 2 is 2.20 bits per heavy atom. The number of hydrogen-bond acceptors (Lipinski definition) is 3. The average Bonchev–Trinajstić information content (AvgIpc) is 2.53. The highest BCUT2D eigenvalue weighted by molar-refractivity contribution is 7.98. The molecule has 1 aromatic heterocycles. The molecule has 0 aliphatic heterocycles. The highest BCUT2D eigenvalue weighted by Gasteiger charge is 2.07. The van der Waals surface area contributed by atoms with Crippen molar-refractivity contribution in [2.75, 3.05) is 12.0 Å². The van der Waals surface area contributed by atoms with Crippen LogP contribution in [0.3, 0.4) is 0 Å². The number of aromatic nitrogens is 2. The molecule has 1 heterocycles. The summed E-state index contributed by atoms with van der Waals surface area (Å²) in [6.07, 6.45) is 3.37. The van der Waals surface area contributed by atoms with Crippen LogP contribution in [-0.4, -0.2) is 28.2 Å². The van der Waals surface area contributed by atoms with Crippen LogP contribution in [0, 0.1) is 13.8 Å². The van der Waals surface area contributed by atoms with Gasteiger partial charge in [0.1, 0.15) is 0 Å². The zero-order valence-corrected chi connectivity index (χ0v) is 10.9. The van der Waals surface area contributed by atoms with E-state index < -0.39 is 0 Å². The van der Waals surface area contributed by atoms with Crippen molar-refractivity contribution in [3.63, 3.8) is 0 Å². The van der Waals surface area contributed by atoms with Gasteiger partial charge >= 0.3 is 0 Å². The van der Waals surface area contributed by atoms with Crippen molar-refractivity contribution in [3.8, 4) is 0 Å². The van der Waals surface area contributed by atoms with E-state index >= 15 is 0 Å². The molecule has 3 nitrogen and oxygen atoms in total. The predicted molar refractivity (Wildman–Crippen MR) is 67.4 cm³/mol. The fourth-order valence-corrected chi connectivity index (χ4v) is 2.10. The molecule has 0 aromatic carbocycles. The van der Waals surface area contributed by atoms with E-state index in [1.54, 1.807) is 0 Å². The molecule has 0 amide bonds. The highest BCUT2D eigenvalue weighted by Crippen LogP contribution is 2.09. The average molecular weight is 227 g/mol. The zero-order valence-electron chi connectivity index (χ0n) is 10.1. The van der Waals surface area contributed by atoms with E-state index in [4.69, 9.17) is 0 Å². The topological polar surface area (TPSA) is 40.7 Å². The Morgan fingerprint density at radius 1 is 1.47 bits per heavy atom. The monoisotopic (exact) mass is 227 g/mol. The first-order valence-electron chi connectivity index (χ1n) is 5.38. The molecule has 2 N–H and O–H groups in total. The number of nitrogens with zero attached hydrogens (tertiary/aromatic N) is 1. The summed E-state index contributed by atoms with van der Waals surface area (Å²) in [4.78, 5) is 0. The second-order valence-electron chi connectivity index (χ2n) is 3.98. The minimum absolute atomic E-state index is 0.575. The van der Waals surface area contributed by atoms with Crippen LogP contribution in [-0.2, 0) is 6.54 Å². The predicted octanol–water partition coefficient (Wildman–Crippen LogP) is 2.26. The fourth-order valence-electron chi connectivity index (χ4n) is 1.51. The van der Waals surface area contributed by atoms with Gasteiger partial charge in [-0.2, -0.15) is 16.9 Å². The number of nitrogens with one attached hydrogen (secondary N) is 2. The number of aromatic amines is 1. The summed E-state index contributed by atoms with van der Waals surface area (Å²) in [6, 6.07) is 0.575. The van der Waals surface area contributed by atoms with Gasteiger partial charge in [-0.3, -0.25) is 5.10 Å². The van der Waals surface area contributed by atoms with Crippen molar-refractivity contribution < 1.29 is 0 Å². The van der Waals surface area contributed by atoms with E-state index in [0.29, 0.717) is 6.04 Å². The zero-order chi connectivity index (χ0) is 11.3. The first kappa shape index (κ1) is 12.6. The lowest BCUT2D eigenvalue weighted by Crippen LogP contribution is -2.26. The fraction of sp³-hybridized carbons (Fsp3) is 0.727. The van der Waals surface area contributed by atoms with Crippen molar-refractivity contribution in [1.82, 2.24) is 15.5 Å². The molecule has 1 unspecified atom stereocenters. The molecule has 0 aliphatic carbocycles. The number of hydrogen-bond donors (Lipinski definition) is 2. The van der Waals surface area contributed by atoms with E-state index in [0.717, 1.165) is 12.2 Å². The third kappa shape index (κ3) is 3.87. The molecule has 1 rings (SSSR count). The maximum atomic E-state index is 4.19. The third-order valence-corrected chi connectivity index (χ3v) is 3.31.